The van der Waals surface area contributed by atoms with Gasteiger partial charge in [0.15, 0.2) is 0 Å². The number of esters is 1. The molecule has 11 heavy (non-hydrogen) atoms. The van der Waals surface area contributed by atoms with Crippen molar-refractivity contribution in [1.29, 1.82) is 0 Å². The van der Waals surface area contributed by atoms with E-state index in [1.807, 2.05) is 0 Å². The van der Waals surface area contributed by atoms with Gasteiger partial charge < -0.3 is 9.53 Å². The molecule has 1 unspecified atom stereocenters. The van der Waals surface area contributed by atoms with E-state index in [1.165, 1.54) is 7.11 Å². The van der Waals surface area contributed by atoms with E-state index in [1.54, 1.807) is 20.8 Å². The number of ether oxygens (including phenoxy) is 1. The third-order valence-electron chi connectivity index (χ3n) is 2.05. The first kappa shape index (κ1) is 10.1. The Morgan fingerprint density at radius 3 is 2.27 bits per heavy atom. The first-order valence-corrected chi connectivity index (χ1v) is 3.50. The lowest BCUT2D eigenvalue weighted by molar-refractivity contribution is -0.154. The maximum Gasteiger partial charge on any atom is 0.311 e. The Balaban J connectivity index is 4.43. The van der Waals surface area contributed by atoms with Gasteiger partial charge in [-0.15, -0.1) is 0 Å². The molecule has 0 radical (unpaired) electrons. The maximum absolute atomic E-state index is 11.1. The van der Waals surface area contributed by atoms with E-state index in [4.69, 9.17) is 0 Å². The minimum atomic E-state index is -0.712. The topological polar surface area (TPSA) is 43.4 Å². The summed E-state index contributed by atoms with van der Waals surface area (Å²) in [6, 6.07) is 0. The van der Waals surface area contributed by atoms with Gasteiger partial charge in [0.05, 0.1) is 12.5 Å². The molecule has 0 saturated carbocycles. The predicted molar refractivity (Wildman–Crippen MR) is 41.0 cm³/mol. The summed E-state index contributed by atoms with van der Waals surface area (Å²) in [4.78, 5) is 21.4. The Hall–Kier alpha value is -0.860. The van der Waals surface area contributed by atoms with Crippen molar-refractivity contribution in [1.82, 2.24) is 0 Å². The number of methoxy groups -OCH3 is 1. The fourth-order valence-electron chi connectivity index (χ4n) is 0.619. The minimum Gasteiger partial charge on any atom is -0.469 e. The molecule has 0 heterocycles. The maximum atomic E-state index is 11.1. The summed E-state index contributed by atoms with van der Waals surface area (Å²) in [6.07, 6.45) is 0.761. The average molecular weight is 158 g/mol. The van der Waals surface area contributed by atoms with Crippen molar-refractivity contribution >= 4 is 12.3 Å². The summed E-state index contributed by atoms with van der Waals surface area (Å²) in [5, 5.41) is 0. The highest BCUT2D eigenvalue weighted by Crippen LogP contribution is 2.25. The molecule has 0 aliphatic carbocycles. The van der Waals surface area contributed by atoms with Gasteiger partial charge in [0.1, 0.15) is 6.29 Å². The number of carbonyl (C=O) groups is 2. The van der Waals surface area contributed by atoms with Crippen molar-refractivity contribution in [2.45, 2.75) is 20.8 Å². The number of aldehydes is 1. The lowest BCUT2D eigenvalue weighted by Gasteiger charge is -2.24. The van der Waals surface area contributed by atoms with Gasteiger partial charge in [-0.1, -0.05) is 6.92 Å². The number of carbonyl (C=O) groups excluding carboxylic acids is 2. The highest BCUT2D eigenvalue weighted by molar-refractivity contribution is 5.79. The van der Waals surface area contributed by atoms with Crippen LogP contribution < -0.4 is 0 Å². The van der Waals surface area contributed by atoms with Crippen LogP contribution in [0.4, 0.5) is 0 Å². The van der Waals surface area contributed by atoms with E-state index in [0.717, 1.165) is 6.29 Å². The summed E-state index contributed by atoms with van der Waals surface area (Å²) in [7, 11) is 1.32. The minimum absolute atomic E-state index is 0.310. The van der Waals surface area contributed by atoms with Crippen molar-refractivity contribution in [3.63, 3.8) is 0 Å². The van der Waals surface area contributed by atoms with Crippen LogP contribution in [0.1, 0.15) is 20.8 Å². The Morgan fingerprint density at radius 1 is 1.55 bits per heavy atom. The third-order valence-corrected chi connectivity index (χ3v) is 2.05. The van der Waals surface area contributed by atoms with Crippen LogP contribution in [-0.4, -0.2) is 19.4 Å². The van der Waals surface area contributed by atoms with Gasteiger partial charge in [-0.3, -0.25) is 4.79 Å². The second-order valence-electron chi connectivity index (χ2n) is 3.14. The number of hydrogen-bond acceptors (Lipinski definition) is 3. The lowest BCUT2D eigenvalue weighted by Crippen LogP contribution is -2.33. The Morgan fingerprint density at radius 2 is 2.00 bits per heavy atom. The molecule has 0 aromatic rings. The molecule has 3 heteroatoms. The van der Waals surface area contributed by atoms with Crippen LogP contribution in [-0.2, 0) is 14.3 Å². The Bertz CT molecular complexity index is 161. The summed E-state index contributed by atoms with van der Waals surface area (Å²) in [5.41, 5.74) is -0.712. The van der Waals surface area contributed by atoms with Crippen LogP contribution in [0, 0.1) is 11.3 Å². The third kappa shape index (κ3) is 2.03. The molecular weight excluding hydrogens is 144 g/mol. The highest BCUT2D eigenvalue weighted by Gasteiger charge is 2.34. The van der Waals surface area contributed by atoms with E-state index in [-0.39, 0.29) is 11.9 Å². The Kier molecular flexibility index (Phi) is 3.23. The zero-order chi connectivity index (χ0) is 9.07. The van der Waals surface area contributed by atoms with Gasteiger partial charge in [-0.05, 0) is 13.8 Å². The second-order valence-corrected chi connectivity index (χ2v) is 3.14. The molecule has 0 amide bonds. The van der Waals surface area contributed by atoms with Crippen LogP contribution in [0.5, 0.6) is 0 Å². The molecule has 0 N–H and O–H groups in total. The number of rotatable bonds is 3. The molecular formula is C8H14O3. The zero-order valence-corrected chi connectivity index (χ0v) is 7.38. The smallest absolute Gasteiger partial charge is 0.311 e. The van der Waals surface area contributed by atoms with Gasteiger partial charge in [-0.25, -0.2) is 0 Å². The Labute approximate surface area is 66.7 Å². The molecule has 0 spiro atoms. The first-order valence-electron chi connectivity index (χ1n) is 3.50. The van der Waals surface area contributed by atoms with Crippen LogP contribution in [0.2, 0.25) is 0 Å². The fourth-order valence-corrected chi connectivity index (χ4v) is 0.619. The molecule has 3 nitrogen and oxygen atoms in total. The zero-order valence-electron chi connectivity index (χ0n) is 7.38. The average Bonchev–Trinajstić information content (AvgIpc) is 2.01. The second kappa shape index (κ2) is 3.51. The van der Waals surface area contributed by atoms with Crippen LogP contribution in [0.15, 0.2) is 0 Å². The summed E-state index contributed by atoms with van der Waals surface area (Å²) in [5.74, 6) is -0.660. The molecule has 0 saturated heterocycles. The normalized spacial score (nSPS) is 13.8. The summed E-state index contributed by atoms with van der Waals surface area (Å²) >= 11 is 0. The van der Waals surface area contributed by atoms with Crippen molar-refractivity contribution in [3.05, 3.63) is 0 Å². The molecule has 0 bridgehead atoms. The lowest BCUT2D eigenvalue weighted by atomic mass is 9.81. The van der Waals surface area contributed by atoms with E-state index in [9.17, 15) is 9.59 Å². The van der Waals surface area contributed by atoms with Gasteiger partial charge in [0, 0.05) is 5.92 Å². The summed E-state index contributed by atoms with van der Waals surface area (Å²) in [6.45, 7) is 5.08. The predicted octanol–water partition coefficient (Wildman–Crippen LogP) is 1.02. The summed E-state index contributed by atoms with van der Waals surface area (Å²) < 4.78 is 4.54. The van der Waals surface area contributed by atoms with Crippen LogP contribution in [0.25, 0.3) is 0 Å². The van der Waals surface area contributed by atoms with Gasteiger partial charge in [0.25, 0.3) is 0 Å². The fraction of sp³-hybridized carbons (Fsp3) is 0.750. The van der Waals surface area contributed by atoms with E-state index in [2.05, 4.69) is 4.74 Å². The SMILES string of the molecule is COC(=O)C(C)(C)C(C)C=O. The van der Waals surface area contributed by atoms with E-state index < -0.39 is 5.41 Å². The van der Waals surface area contributed by atoms with Crippen molar-refractivity contribution in [2.24, 2.45) is 11.3 Å². The van der Waals surface area contributed by atoms with Crippen molar-refractivity contribution < 1.29 is 14.3 Å². The molecule has 64 valence electrons. The van der Waals surface area contributed by atoms with Gasteiger partial charge in [-0.2, -0.15) is 0 Å². The molecule has 0 rings (SSSR count). The van der Waals surface area contributed by atoms with E-state index in [0.29, 0.717) is 0 Å². The molecule has 0 fully saturated rings. The molecule has 0 aliphatic rings. The molecule has 0 aliphatic heterocycles. The van der Waals surface area contributed by atoms with Gasteiger partial charge in [0.2, 0.25) is 0 Å². The quantitative estimate of drug-likeness (QED) is 0.455. The van der Waals surface area contributed by atoms with Crippen LogP contribution >= 0.6 is 0 Å². The highest BCUT2D eigenvalue weighted by atomic mass is 16.5. The van der Waals surface area contributed by atoms with Crippen molar-refractivity contribution in [3.8, 4) is 0 Å². The molecule has 0 aromatic carbocycles. The monoisotopic (exact) mass is 158 g/mol. The van der Waals surface area contributed by atoms with Crippen LogP contribution in [0.3, 0.4) is 0 Å². The standard InChI is InChI=1S/C8H14O3/c1-6(5-9)8(2,3)7(10)11-4/h5-6H,1-4H3. The van der Waals surface area contributed by atoms with E-state index >= 15 is 0 Å². The molecule has 0 aromatic heterocycles. The van der Waals surface area contributed by atoms with Gasteiger partial charge >= 0.3 is 5.97 Å². The largest absolute Gasteiger partial charge is 0.469 e. The van der Waals surface area contributed by atoms with Crippen molar-refractivity contribution in [2.75, 3.05) is 7.11 Å². The number of hydrogen-bond donors (Lipinski definition) is 0. The first-order chi connectivity index (χ1) is 4.96. The molecule has 1 atom stereocenters.